The number of piperidine rings is 1. The predicted octanol–water partition coefficient (Wildman–Crippen LogP) is 3.35. The number of halogens is 4. The van der Waals surface area contributed by atoms with E-state index in [2.05, 4.69) is 15.0 Å². The third kappa shape index (κ3) is 4.77. The van der Waals surface area contributed by atoms with E-state index >= 15 is 0 Å². The number of ether oxygens (including phenoxy) is 2. The molecule has 0 aliphatic carbocycles. The number of hydrogen-bond donors (Lipinski definition) is 2. The maximum absolute atomic E-state index is 14.6. The van der Waals surface area contributed by atoms with Crippen LogP contribution in [0.5, 0.6) is 0 Å². The van der Waals surface area contributed by atoms with Crippen LogP contribution in [0.2, 0.25) is 0 Å². The summed E-state index contributed by atoms with van der Waals surface area (Å²) >= 11 is 0. The van der Waals surface area contributed by atoms with Crippen molar-refractivity contribution in [2.45, 2.75) is 50.1 Å². The van der Waals surface area contributed by atoms with E-state index < -0.39 is 36.1 Å². The SMILES string of the molecule is COC1CCN(C(=O)Nc2ccc(F)c([C@@]3(C)C[C@@H](C(F)(F)F)OC(N)=N3)c2)CC1. The van der Waals surface area contributed by atoms with Crippen molar-refractivity contribution >= 4 is 17.7 Å². The molecule has 2 aliphatic rings. The number of anilines is 1. The number of aliphatic imine (C=N–C) groups is 1. The van der Waals surface area contributed by atoms with Gasteiger partial charge in [-0.3, -0.25) is 0 Å². The van der Waals surface area contributed by atoms with Gasteiger partial charge in [0.25, 0.3) is 6.02 Å². The molecule has 11 heteroatoms. The lowest BCUT2D eigenvalue weighted by atomic mass is 9.85. The number of carbonyl (C=O) groups is 1. The number of benzene rings is 1. The second-order valence-corrected chi connectivity index (χ2v) is 7.62. The van der Waals surface area contributed by atoms with Crippen LogP contribution in [0.15, 0.2) is 23.2 Å². The minimum Gasteiger partial charge on any atom is -0.452 e. The third-order valence-electron chi connectivity index (χ3n) is 5.43. The number of urea groups is 1. The summed E-state index contributed by atoms with van der Waals surface area (Å²) in [4.78, 5) is 18.0. The van der Waals surface area contributed by atoms with Gasteiger partial charge >= 0.3 is 12.2 Å². The first-order valence-electron chi connectivity index (χ1n) is 9.49. The molecule has 2 atom stereocenters. The van der Waals surface area contributed by atoms with Crippen molar-refractivity contribution in [3.05, 3.63) is 29.6 Å². The number of alkyl halides is 3. The van der Waals surface area contributed by atoms with Crippen molar-refractivity contribution in [2.75, 3.05) is 25.5 Å². The van der Waals surface area contributed by atoms with Crippen LogP contribution in [0, 0.1) is 5.82 Å². The average molecular weight is 432 g/mol. The predicted molar refractivity (Wildman–Crippen MR) is 102 cm³/mol. The van der Waals surface area contributed by atoms with Gasteiger partial charge in [0.15, 0.2) is 6.10 Å². The quantitative estimate of drug-likeness (QED) is 0.717. The molecular formula is C19H24F4N4O3. The molecule has 0 saturated carbocycles. The van der Waals surface area contributed by atoms with Gasteiger partial charge in [0, 0.05) is 37.9 Å². The first kappa shape index (κ1) is 22.1. The number of nitrogens with one attached hydrogen (secondary N) is 1. The third-order valence-corrected chi connectivity index (χ3v) is 5.43. The van der Waals surface area contributed by atoms with Gasteiger partial charge in [0.05, 0.1) is 11.6 Å². The Morgan fingerprint density at radius 2 is 2.03 bits per heavy atom. The van der Waals surface area contributed by atoms with Crippen molar-refractivity contribution in [3.63, 3.8) is 0 Å². The number of amidine groups is 1. The van der Waals surface area contributed by atoms with Gasteiger partial charge in [-0.05, 0) is 38.0 Å². The summed E-state index contributed by atoms with van der Waals surface area (Å²) in [5, 5.41) is 2.67. The van der Waals surface area contributed by atoms with E-state index in [9.17, 15) is 22.4 Å². The molecule has 7 nitrogen and oxygen atoms in total. The standard InChI is InChI=1S/C19H24F4N4O3/c1-18(10-15(19(21,22)23)30-16(24)26-18)13-9-11(3-4-14(13)20)25-17(28)27-7-5-12(29-2)6-8-27/h3-4,9,12,15H,5-8,10H2,1-2H3,(H2,24,26)(H,25,28)/t15-,18+/m0/s1. The molecule has 30 heavy (non-hydrogen) atoms. The number of amides is 2. The molecule has 1 saturated heterocycles. The van der Waals surface area contributed by atoms with Crippen LogP contribution in [-0.4, -0.2) is 55.5 Å². The molecule has 1 aromatic carbocycles. The fourth-order valence-corrected chi connectivity index (χ4v) is 3.73. The maximum atomic E-state index is 14.6. The fraction of sp³-hybridized carbons (Fsp3) is 0.579. The molecule has 0 aromatic heterocycles. The molecule has 2 heterocycles. The topological polar surface area (TPSA) is 89.2 Å². The van der Waals surface area contributed by atoms with Crippen LogP contribution in [0.4, 0.5) is 28.0 Å². The van der Waals surface area contributed by atoms with Crippen molar-refractivity contribution in [3.8, 4) is 0 Å². The minimum absolute atomic E-state index is 0.102. The van der Waals surface area contributed by atoms with Gasteiger partial charge < -0.3 is 25.4 Å². The summed E-state index contributed by atoms with van der Waals surface area (Å²) in [7, 11) is 1.62. The summed E-state index contributed by atoms with van der Waals surface area (Å²) in [6.07, 6.45) is -6.04. The summed E-state index contributed by atoms with van der Waals surface area (Å²) in [6.45, 7) is 2.35. The molecular weight excluding hydrogens is 408 g/mol. The number of carbonyl (C=O) groups excluding carboxylic acids is 1. The molecule has 0 radical (unpaired) electrons. The smallest absolute Gasteiger partial charge is 0.425 e. The molecule has 0 unspecified atom stereocenters. The maximum Gasteiger partial charge on any atom is 0.425 e. The number of nitrogens with zero attached hydrogens (tertiary/aromatic N) is 2. The van der Waals surface area contributed by atoms with Gasteiger partial charge in [0.2, 0.25) is 0 Å². The molecule has 0 spiro atoms. The number of methoxy groups -OCH3 is 1. The zero-order chi connectivity index (χ0) is 22.1. The van der Waals surface area contributed by atoms with E-state index in [0.29, 0.717) is 25.9 Å². The van der Waals surface area contributed by atoms with Crippen molar-refractivity contribution < 1.29 is 31.8 Å². The molecule has 3 rings (SSSR count). The van der Waals surface area contributed by atoms with Crippen LogP contribution >= 0.6 is 0 Å². The number of hydrogen-bond acceptors (Lipinski definition) is 5. The lowest BCUT2D eigenvalue weighted by Gasteiger charge is -2.36. The molecule has 2 amide bonds. The van der Waals surface area contributed by atoms with Gasteiger partial charge in [-0.25, -0.2) is 14.2 Å². The Bertz CT molecular complexity index is 824. The summed E-state index contributed by atoms with van der Waals surface area (Å²) in [6, 6.07) is 2.66. The molecule has 166 valence electrons. The normalized spacial score (nSPS) is 25.5. The number of rotatable bonds is 3. The van der Waals surface area contributed by atoms with Gasteiger partial charge in [-0.15, -0.1) is 0 Å². The summed E-state index contributed by atoms with van der Waals surface area (Å²) in [5.74, 6) is -0.754. The lowest BCUT2D eigenvalue weighted by molar-refractivity contribution is -0.208. The largest absolute Gasteiger partial charge is 0.452 e. The molecule has 1 aromatic rings. The Hall–Kier alpha value is -2.56. The Labute approximate surface area is 171 Å². The molecule has 1 fully saturated rings. The summed E-state index contributed by atoms with van der Waals surface area (Å²) in [5.41, 5.74) is 3.97. The van der Waals surface area contributed by atoms with E-state index in [0.717, 1.165) is 6.07 Å². The van der Waals surface area contributed by atoms with Crippen molar-refractivity contribution in [1.82, 2.24) is 4.90 Å². The van der Waals surface area contributed by atoms with Crippen LogP contribution in [0.25, 0.3) is 0 Å². The Morgan fingerprint density at radius 3 is 2.63 bits per heavy atom. The fourth-order valence-electron chi connectivity index (χ4n) is 3.73. The van der Waals surface area contributed by atoms with E-state index in [1.165, 1.54) is 19.1 Å². The van der Waals surface area contributed by atoms with Crippen LogP contribution in [-0.2, 0) is 15.0 Å². The molecule has 3 N–H and O–H groups in total. The second kappa shape index (κ2) is 8.29. The zero-order valence-electron chi connectivity index (χ0n) is 16.6. The van der Waals surface area contributed by atoms with Crippen LogP contribution in [0.1, 0.15) is 31.7 Å². The van der Waals surface area contributed by atoms with Gasteiger partial charge in [0.1, 0.15) is 5.82 Å². The van der Waals surface area contributed by atoms with Crippen LogP contribution < -0.4 is 11.1 Å². The van der Waals surface area contributed by atoms with Gasteiger partial charge in [-0.2, -0.15) is 13.2 Å². The highest BCUT2D eigenvalue weighted by Gasteiger charge is 2.50. The highest BCUT2D eigenvalue weighted by atomic mass is 19.4. The van der Waals surface area contributed by atoms with E-state index in [1.807, 2.05) is 0 Å². The summed E-state index contributed by atoms with van der Waals surface area (Å²) < 4.78 is 64.0. The highest BCUT2D eigenvalue weighted by molar-refractivity contribution is 5.89. The average Bonchev–Trinajstić information content (AvgIpc) is 2.68. The lowest BCUT2D eigenvalue weighted by Crippen LogP contribution is -2.46. The first-order valence-corrected chi connectivity index (χ1v) is 9.49. The van der Waals surface area contributed by atoms with E-state index in [1.54, 1.807) is 12.0 Å². The van der Waals surface area contributed by atoms with Gasteiger partial charge in [-0.1, -0.05) is 0 Å². The van der Waals surface area contributed by atoms with Crippen LogP contribution in [0.3, 0.4) is 0 Å². The second-order valence-electron chi connectivity index (χ2n) is 7.62. The van der Waals surface area contributed by atoms with E-state index in [-0.39, 0.29) is 23.4 Å². The highest BCUT2D eigenvalue weighted by Crippen LogP contribution is 2.41. The minimum atomic E-state index is -4.68. The molecule has 0 bridgehead atoms. The molecule has 2 aliphatic heterocycles. The number of nitrogens with two attached hydrogens (primary N) is 1. The Kier molecular flexibility index (Phi) is 6.11. The van der Waals surface area contributed by atoms with Crippen molar-refractivity contribution in [2.24, 2.45) is 10.7 Å². The van der Waals surface area contributed by atoms with Crippen molar-refractivity contribution in [1.29, 1.82) is 0 Å². The Morgan fingerprint density at radius 1 is 1.37 bits per heavy atom. The van der Waals surface area contributed by atoms with E-state index in [4.69, 9.17) is 10.5 Å². The first-order chi connectivity index (χ1) is 14.0. The monoisotopic (exact) mass is 432 g/mol. The number of likely N-dealkylation sites (tertiary alicyclic amines) is 1. The zero-order valence-corrected chi connectivity index (χ0v) is 16.6. The Balaban J connectivity index is 1.80.